The molecule has 1 saturated heterocycles. The van der Waals surface area contributed by atoms with Crippen molar-refractivity contribution in [3.05, 3.63) is 28.3 Å². The van der Waals surface area contributed by atoms with Crippen LogP contribution in [-0.2, 0) is 14.6 Å². The normalized spacial score (nSPS) is 23.3. The Labute approximate surface area is 141 Å². The lowest BCUT2D eigenvalue weighted by molar-refractivity contribution is -0.386. The Balaban J connectivity index is 1.88. The SMILES string of the molecule is CS(=O)(=O)c1cccc(NC2CCOC3(CCCC3)C2)c1[N+](=O)[O-]. The van der Waals surface area contributed by atoms with Gasteiger partial charge in [-0.05, 0) is 37.8 Å². The summed E-state index contributed by atoms with van der Waals surface area (Å²) in [5, 5.41) is 14.7. The summed E-state index contributed by atoms with van der Waals surface area (Å²) in [6, 6.07) is 4.44. The number of benzene rings is 1. The number of nitro benzene ring substituents is 1. The first-order chi connectivity index (χ1) is 11.3. The van der Waals surface area contributed by atoms with Crippen LogP contribution in [0.2, 0.25) is 0 Å². The lowest BCUT2D eigenvalue weighted by Gasteiger charge is -2.38. The number of ether oxygens (including phenoxy) is 1. The summed E-state index contributed by atoms with van der Waals surface area (Å²) in [6.45, 7) is 0.622. The maximum absolute atomic E-state index is 11.9. The van der Waals surface area contributed by atoms with E-state index < -0.39 is 14.8 Å². The highest BCUT2D eigenvalue weighted by molar-refractivity contribution is 7.90. The van der Waals surface area contributed by atoms with Gasteiger partial charge in [-0.1, -0.05) is 18.9 Å². The first-order valence-corrected chi connectivity index (χ1v) is 10.1. The zero-order valence-corrected chi connectivity index (χ0v) is 14.5. The Morgan fingerprint density at radius 2 is 2.04 bits per heavy atom. The van der Waals surface area contributed by atoms with Gasteiger partial charge in [-0.3, -0.25) is 10.1 Å². The fourth-order valence-electron chi connectivity index (χ4n) is 3.86. The van der Waals surface area contributed by atoms with Gasteiger partial charge in [0.2, 0.25) is 0 Å². The fourth-order valence-corrected chi connectivity index (χ4v) is 4.73. The minimum Gasteiger partial charge on any atom is -0.377 e. The maximum Gasteiger partial charge on any atom is 0.310 e. The van der Waals surface area contributed by atoms with Crippen molar-refractivity contribution in [2.24, 2.45) is 0 Å². The van der Waals surface area contributed by atoms with Gasteiger partial charge in [0.1, 0.15) is 10.6 Å². The van der Waals surface area contributed by atoms with Crippen molar-refractivity contribution in [3.63, 3.8) is 0 Å². The molecule has 132 valence electrons. The lowest BCUT2D eigenvalue weighted by atomic mass is 9.89. The molecular weight excluding hydrogens is 332 g/mol. The molecule has 1 spiro atoms. The van der Waals surface area contributed by atoms with E-state index >= 15 is 0 Å². The maximum atomic E-state index is 11.9. The fraction of sp³-hybridized carbons (Fsp3) is 0.625. The van der Waals surface area contributed by atoms with Crippen LogP contribution in [0, 0.1) is 10.1 Å². The minimum absolute atomic E-state index is 0.0466. The zero-order chi connectivity index (χ0) is 17.4. The lowest BCUT2D eigenvalue weighted by Crippen LogP contribution is -2.42. The molecule has 1 saturated carbocycles. The Morgan fingerprint density at radius 3 is 2.67 bits per heavy atom. The molecule has 0 amide bonds. The highest BCUT2D eigenvalue weighted by Gasteiger charge is 2.40. The van der Waals surface area contributed by atoms with E-state index in [4.69, 9.17) is 4.74 Å². The van der Waals surface area contributed by atoms with Crippen molar-refractivity contribution < 1.29 is 18.1 Å². The average Bonchev–Trinajstić information content (AvgIpc) is 2.93. The van der Waals surface area contributed by atoms with Gasteiger partial charge in [0.25, 0.3) is 0 Å². The van der Waals surface area contributed by atoms with Crippen molar-refractivity contribution in [3.8, 4) is 0 Å². The molecule has 24 heavy (non-hydrogen) atoms. The van der Waals surface area contributed by atoms with E-state index in [1.54, 1.807) is 6.07 Å². The number of sulfone groups is 1. The summed E-state index contributed by atoms with van der Waals surface area (Å²) >= 11 is 0. The summed E-state index contributed by atoms with van der Waals surface area (Å²) in [5.41, 5.74) is -0.214. The smallest absolute Gasteiger partial charge is 0.310 e. The van der Waals surface area contributed by atoms with E-state index in [0.717, 1.165) is 44.8 Å². The summed E-state index contributed by atoms with van der Waals surface area (Å²) in [5.74, 6) is 0. The van der Waals surface area contributed by atoms with Crippen LogP contribution in [0.1, 0.15) is 38.5 Å². The first kappa shape index (κ1) is 17.2. The summed E-state index contributed by atoms with van der Waals surface area (Å²) in [6.07, 6.45) is 6.89. The molecule has 0 radical (unpaired) electrons. The van der Waals surface area contributed by atoms with Crippen molar-refractivity contribution in [1.29, 1.82) is 0 Å². The van der Waals surface area contributed by atoms with E-state index in [1.165, 1.54) is 12.1 Å². The molecule has 1 aromatic rings. The standard InChI is InChI=1S/C16H22N2O5S/c1-24(21,22)14-6-4-5-13(15(14)18(19)20)17-12-7-10-23-16(11-12)8-2-3-9-16/h4-6,12,17H,2-3,7-11H2,1H3. The van der Waals surface area contributed by atoms with Crippen LogP contribution in [0.3, 0.4) is 0 Å². The minimum atomic E-state index is -3.67. The number of nitrogens with zero attached hydrogens (tertiary/aromatic N) is 1. The van der Waals surface area contributed by atoms with Gasteiger partial charge >= 0.3 is 5.69 Å². The van der Waals surface area contributed by atoms with Crippen molar-refractivity contribution in [2.45, 2.75) is 55.1 Å². The molecule has 1 heterocycles. The van der Waals surface area contributed by atoms with Gasteiger partial charge in [-0.2, -0.15) is 0 Å². The third-order valence-corrected chi connectivity index (χ3v) is 6.08. The van der Waals surface area contributed by atoms with Gasteiger partial charge in [0.15, 0.2) is 9.84 Å². The molecule has 1 aliphatic heterocycles. The highest BCUT2D eigenvalue weighted by atomic mass is 32.2. The van der Waals surface area contributed by atoms with Crippen molar-refractivity contribution >= 4 is 21.2 Å². The van der Waals surface area contributed by atoms with Crippen molar-refractivity contribution in [1.82, 2.24) is 0 Å². The van der Waals surface area contributed by atoms with Gasteiger partial charge in [0.05, 0.1) is 10.5 Å². The third kappa shape index (κ3) is 3.39. The predicted molar refractivity (Wildman–Crippen MR) is 90.0 cm³/mol. The second kappa shape index (κ2) is 6.33. The Kier molecular flexibility index (Phi) is 4.52. The molecule has 1 unspecified atom stereocenters. The largest absolute Gasteiger partial charge is 0.377 e. The van der Waals surface area contributed by atoms with Crippen LogP contribution in [0.4, 0.5) is 11.4 Å². The topological polar surface area (TPSA) is 98.5 Å². The van der Waals surface area contributed by atoms with Crippen LogP contribution in [0.5, 0.6) is 0 Å². The average molecular weight is 354 g/mol. The van der Waals surface area contributed by atoms with Gasteiger partial charge in [-0.25, -0.2) is 8.42 Å². The number of hydrogen-bond donors (Lipinski definition) is 1. The van der Waals surface area contributed by atoms with Crippen LogP contribution < -0.4 is 5.32 Å². The first-order valence-electron chi connectivity index (χ1n) is 8.19. The summed E-state index contributed by atoms with van der Waals surface area (Å²) in [7, 11) is -3.67. The van der Waals surface area contributed by atoms with E-state index in [-0.39, 0.29) is 27.9 Å². The molecule has 7 nitrogen and oxygen atoms in total. The summed E-state index contributed by atoms with van der Waals surface area (Å²) in [4.78, 5) is 10.6. The third-order valence-electron chi connectivity index (χ3n) is 4.95. The molecule has 1 aromatic carbocycles. The van der Waals surface area contributed by atoms with E-state index in [9.17, 15) is 18.5 Å². The molecule has 1 atom stereocenters. The second-order valence-corrected chi connectivity index (χ2v) is 8.74. The highest BCUT2D eigenvalue weighted by Crippen LogP contribution is 2.41. The van der Waals surface area contributed by atoms with E-state index in [1.807, 2.05) is 0 Å². The summed E-state index contributed by atoms with van der Waals surface area (Å²) < 4.78 is 29.7. The molecule has 2 fully saturated rings. The zero-order valence-electron chi connectivity index (χ0n) is 13.7. The van der Waals surface area contributed by atoms with E-state index in [0.29, 0.717) is 6.61 Å². The number of nitro groups is 1. The van der Waals surface area contributed by atoms with Crippen LogP contribution in [0.15, 0.2) is 23.1 Å². The molecular formula is C16H22N2O5S. The van der Waals surface area contributed by atoms with Crippen molar-refractivity contribution in [2.75, 3.05) is 18.2 Å². The molecule has 2 aliphatic rings. The quantitative estimate of drug-likeness (QED) is 0.659. The predicted octanol–water partition coefficient (Wildman–Crippen LogP) is 2.90. The van der Waals surface area contributed by atoms with Gasteiger partial charge in [-0.15, -0.1) is 0 Å². The Bertz CT molecular complexity index is 741. The molecule has 8 heteroatoms. The molecule has 3 rings (SSSR count). The second-order valence-electron chi connectivity index (χ2n) is 6.75. The van der Waals surface area contributed by atoms with Crippen LogP contribution in [0.25, 0.3) is 0 Å². The Morgan fingerprint density at radius 1 is 1.33 bits per heavy atom. The van der Waals surface area contributed by atoms with Crippen LogP contribution >= 0.6 is 0 Å². The molecule has 0 aromatic heterocycles. The number of anilines is 1. The molecule has 0 bridgehead atoms. The number of hydrogen-bond acceptors (Lipinski definition) is 6. The number of para-hydroxylation sites is 1. The Hall–Kier alpha value is -1.67. The number of rotatable bonds is 4. The molecule has 1 N–H and O–H groups in total. The van der Waals surface area contributed by atoms with Gasteiger partial charge < -0.3 is 10.1 Å². The van der Waals surface area contributed by atoms with Gasteiger partial charge in [0, 0.05) is 18.9 Å². The number of nitrogens with one attached hydrogen (secondary N) is 1. The van der Waals surface area contributed by atoms with E-state index in [2.05, 4.69) is 5.32 Å². The molecule has 1 aliphatic carbocycles. The monoisotopic (exact) mass is 354 g/mol. The van der Waals surface area contributed by atoms with Crippen LogP contribution in [-0.4, -0.2) is 37.8 Å².